The summed E-state index contributed by atoms with van der Waals surface area (Å²) in [4.78, 5) is 19.5. The second kappa shape index (κ2) is 12.3. The van der Waals surface area contributed by atoms with Gasteiger partial charge < -0.3 is 19.6 Å². The molecular formula is C30H38N4O6S. The first-order valence-electron chi connectivity index (χ1n) is 14.0. The van der Waals surface area contributed by atoms with Crippen LogP contribution < -0.4 is 10.1 Å². The number of aliphatic hydroxyl groups excluding tert-OH is 1. The molecule has 1 saturated heterocycles. The van der Waals surface area contributed by atoms with Gasteiger partial charge in [-0.25, -0.2) is 13.4 Å². The van der Waals surface area contributed by atoms with Crippen molar-refractivity contribution in [2.75, 3.05) is 26.7 Å². The number of nitrogens with zero attached hydrogens (tertiary/aromatic N) is 3. The Kier molecular flexibility index (Phi) is 8.79. The molecule has 2 aliphatic rings. The molecule has 1 aliphatic carbocycles. The number of benzene rings is 2. The number of carbonyl (C=O) groups excluding carboxylic acids is 1. The molecule has 0 radical (unpaired) electrons. The van der Waals surface area contributed by atoms with Gasteiger partial charge in [0.05, 0.1) is 24.7 Å². The third kappa shape index (κ3) is 6.98. The lowest BCUT2D eigenvalue weighted by molar-refractivity contribution is 0.0949. The number of methoxy groups -OCH3 is 1. The third-order valence-corrected chi connectivity index (χ3v) is 9.85. The highest BCUT2D eigenvalue weighted by Gasteiger charge is 2.40. The summed E-state index contributed by atoms with van der Waals surface area (Å²) in [5, 5.41) is 12.6. The summed E-state index contributed by atoms with van der Waals surface area (Å²) in [5.41, 5.74) is 3.64. The lowest BCUT2D eigenvalue weighted by Crippen LogP contribution is -2.34. The standard InChI is InChI=1S/C30H38N4O6S/c1-20-14-26(39-3)15-21(2)29(20)41(37,38)34(24-8-9-24)18-28-32-27(19-40-28)30(36)31-12-10-22-4-6-23(7-5-22)16-33-13-11-25(35)17-33/h4-7,14-15,19,24-25,35H,8-13,16-18H2,1-3H3,(H,31,36). The molecule has 10 nitrogen and oxygen atoms in total. The number of ether oxygens (including phenoxy) is 1. The Labute approximate surface area is 241 Å². The second-order valence-electron chi connectivity index (χ2n) is 11.0. The van der Waals surface area contributed by atoms with Crippen LogP contribution in [0.5, 0.6) is 5.75 Å². The zero-order chi connectivity index (χ0) is 29.1. The van der Waals surface area contributed by atoms with Gasteiger partial charge in [0.1, 0.15) is 12.0 Å². The Morgan fingerprint density at radius 3 is 2.44 bits per heavy atom. The van der Waals surface area contributed by atoms with Gasteiger partial charge in [0.25, 0.3) is 5.91 Å². The van der Waals surface area contributed by atoms with Gasteiger partial charge in [0, 0.05) is 32.2 Å². The van der Waals surface area contributed by atoms with E-state index in [0.717, 1.165) is 37.9 Å². The lowest BCUT2D eigenvalue weighted by atomic mass is 10.1. The maximum atomic E-state index is 13.7. The normalized spacial score (nSPS) is 17.7. The molecule has 2 heterocycles. The molecule has 0 spiro atoms. The van der Waals surface area contributed by atoms with Crippen molar-refractivity contribution in [3.8, 4) is 5.75 Å². The molecule has 2 N–H and O–H groups in total. The Hall–Kier alpha value is -3.25. The van der Waals surface area contributed by atoms with Crippen molar-refractivity contribution in [3.05, 3.63) is 76.5 Å². The fraction of sp³-hybridized carbons (Fsp3) is 0.467. The number of oxazole rings is 1. The second-order valence-corrected chi connectivity index (χ2v) is 12.8. The van der Waals surface area contributed by atoms with Gasteiger partial charge in [-0.3, -0.25) is 9.69 Å². The van der Waals surface area contributed by atoms with Crippen molar-refractivity contribution in [2.45, 2.75) is 69.7 Å². The number of carbonyl (C=O) groups is 1. The number of hydrogen-bond acceptors (Lipinski definition) is 8. The largest absolute Gasteiger partial charge is 0.497 e. The van der Waals surface area contributed by atoms with E-state index in [1.165, 1.54) is 16.1 Å². The van der Waals surface area contributed by atoms with Crippen LogP contribution in [0.1, 0.15) is 57.9 Å². The Bertz CT molecular complexity index is 1460. The summed E-state index contributed by atoms with van der Waals surface area (Å²) in [6, 6.07) is 11.6. The van der Waals surface area contributed by atoms with E-state index in [4.69, 9.17) is 9.15 Å². The number of aliphatic hydroxyl groups is 1. The van der Waals surface area contributed by atoms with Crippen LogP contribution >= 0.6 is 0 Å². The smallest absolute Gasteiger partial charge is 0.273 e. The van der Waals surface area contributed by atoms with E-state index in [9.17, 15) is 18.3 Å². The monoisotopic (exact) mass is 582 g/mol. The van der Waals surface area contributed by atoms with Gasteiger partial charge in [-0.05, 0) is 73.9 Å². The Balaban J connectivity index is 1.17. The first-order chi connectivity index (χ1) is 19.6. The topological polar surface area (TPSA) is 125 Å². The van der Waals surface area contributed by atoms with Gasteiger partial charge >= 0.3 is 0 Å². The van der Waals surface area contributed by atoms with E-state index in [0.29, 0.717) is 36.4 Å². The first-order valence-corrected chi connectivity index (χ1v) is 15.5. The van der Waals surface area contributed by atoms with Crippen molar-refractivity contribution in [1.29, 1.82) is 0 Å². The quantitative estimate of drug-likeness (QED) is 0.334. The van der Waals surface area contributed by atoms with E-state index in [-0.39, 0.29) is 41.1 Å². The molecule has 1 amide bonds. The maximum absolute atomic E-state index is 13.7. The predicted molar refractivity (Wildman–Crippen MR) is 153 cm³/mol. The van der Waals surface area contributed by atoms with E-state index >= 15 is 0 Å². The zero-order valence-electron chi connectivity index (χ0n) is 23.8. The fourth-order valence-electron chi connectivity index (χ4n) is 5.38. The molecule has 2 aromatic carbocycles. The average molecular weight is 583 g/mol. The highest BCUT2D eigenvalue weighted by molar-refractivity contribution is 7.89. The SMILES string of the molecule is COc1cc(C)c(S(=O)(=O)N(Cc2nc(C(=O)NCCc3ccc(CN4CCC(O)C4)cc3)co2)C2CC2)c(C)c1. The van der Waals surface area contributed by atoms with Gasteiger partial charge in [0.15, 0.2) is 5.69 Å². The number of likely N-dealkylation sites (tertiary alicyclic amines) is 1. The summed E-state index contributed by atoms with van der Waals surface area (Å²) in [6.45, 7) is 6.35. The maximum Gasteiger partial charge on any atom is 0.273 e. The number of amides is 1. The summed E-state index contributed by atoms with van der Waals surface area (Å²) in [5.74, 6) is 0.416. The molecule has 41 heavy (non-hydrogen) atoms. The van der Waals surface area contributed by atoms with Crippen LogP contribution in [0.3, 0.4) is 0 Å². The number of sulfonamides is 1. The van der Waals surface area contributed by atoms with Crippen LogP contribution in [-0.2, 0) is 29.5 Å². The van der Waals surface area contributed by atoms with Crippen molar-refractivity contribution in [2.24, 2.45) is 0 Å². The molecule has 1 unspecified atom stereocenters. The van der Waals surface area contributed by atoms with Crippen molar-refractivity contribution in [3.63, 3.8) is 0 Å². The zero-order valence-corrected chi connectivity index (χ0v) is 24.6. The molecule has 2 fully saturated rings. The molecule has 3 aromatic rings. The van der Waals surface area contributed by atoms with Crippen LogP contribution in [0, 0.1) is 13.8 Å². The Morgan fingerprint density at radius 2 is 1.83 bits per heavy atom. The van der Waals surface area contributed by atoms with Crippen molar-refractivity contribution in [1.82, 2.24) is 19.5 Å². The highest BCUT2D eigenvalue weighted by atomic mass is 32.2. The van der Waals surface area contributed by atoms with Gasteiger partial charge in [-0.15, -0.1) is 0 Å². The number of nitrogens with one attached hydrogen (secondary N) is 1. The van der Waals surface area contributed by atoms with Crippen molar-refractivity contribution < 1.29 is 27.5 Å². The van der Waals surface area contributed by atoms with Crippen LogP contribution in [0.25, 0.3) is 0 Å². The van der Waals surface area contributed by atoms with Gasteiger partial charge in [0.2, 0.25) is 15.9 Å². The number of hydrogen-bond donors (Lipinski definition) is 2. The molecule has 220 valence electrons. The highest BCUT2D eigenvalue weighted by Crippen LogP contribution is 2.36. The molecular weight excluding hydrogens is 544 g/mol. The summed E-state index contributed by atoms with van der Waals surface area (Å²) in [7, 11) is -2.28. The Morgan fingerprint density at radius 1 is 1.15 bits per heavy atom. The average Bonchev–Trinajstić information content (AvgIpc) is 3.51. The van der Waals surface area contributed by atoms with Gasteiger partial charge in [-0.1, -0.05) is 24.3 Å². The molecule has 5 rings (SSSR count). The first kappa shape index (κ1) is 29.2. The molecule has 1 saturated carbocycles. The van der Waals surface area contributed by atoms with Crippen LogP contribution in [-0.4, -0.2) is 72.5 Å². The predicted octanol–water partition coefficient (Wildman–Crippen LogP) is 3.19. The number of aromatic nitrogens is 1. The van der Waals surface area contributed by atoms with Gasteiger partial charge in [-0.2, -0.15) is 4.31 Å². The minimum atomic E-state index is -3.83. The van der Waals surface area contributed by atoms with Crippen molar-refractivity contribution >= 4 is 15.9 Å². The summed E-state index contributed by atoms with van der Waals surface area (Å²) in [6.07, 6.45) is 4.07. The summed E-state index contributed by atoms with van der Waals surface area (Å²) >= 11 is 0. The third-order valence-electron chi connectivity index (χ3n) is 7.64. The molecule has 1 aromatic heterocycles. The van der Waals surface area contributed by atoms with E-state index in [1.807, 2.05) is 0 Å². The van der Waals surface area contributed by atoms with Crippen LogP contribution in [0.15, 0.2) is 52.0 Å². The minimum absolute atomic E-state index is 0.0477. The number of aryl methyl sites for hydroxylation is 2. The fourth-order valence-corrected chi connectivity index (χ4v) is 7.43. The molecule has 0 bridgehead atoms. The number of rotatable bonds is 12. The summed E-state index contributed by atoms with van der Waals surface area (Å²) < 4.78 is 39.7. The van der Waals surface area contributed by atoms with Crippen LogP contribution in [0.4, 0.5) is 0 Å². The van der Waals surface area contributed by atoms with E-state index in [1.54, 1.807) is 33.1 Å². The van der Waals surface area contributed by atoms with E-state index in [2.05, 4.69) is 39.5 Å². The number of β-amino-alcohol motifs (C(OH)–C–C–N with tert-alkyl or cyclic N) is 1. The lowest BCUT2D eigenvalue weighted by Gasteiger charge is -2.23. The molecule has 11 heteroatoms. The van der Waals surface area contributed by atoms with Crippen LogP contribution in [0.2, 0.25) is 0 Å². The molecule has 1 atom stereocenters. The molecule has 1 aliphatic heterocycles. The van der Waals surface area contributed by atoms with E-state index < -0.39 is 10.0 Å². The minimum Gasteiger partial charge on any atom is -0.497 e.